The van der Waals surface area contributed by atoms with Crippen LogP contribution >= 0.6 is 0 Å². The number of urea groups is 1. The summed E-state index contributed by atoms with van der Waals surface area (Å²) >= 11 is 0. The second kappa shape index (κ2) is 9.53. The predicted octanol–water partition coefficient (Wildman–Crippen LogP) is 1.92. The van der Waals surface area contributed by atoms with Crippen LogP contribution in [0.3, 0.4) is 0 Å². The van der Waals surface area contributed by atoms with Crippen LogP contribution in [0.5, 0.6) is 0 Å². The lowest BCUT2D eigenvalue weighted by Gasteiger charge is -2.38. The minimum absolute atomic E-state index is 0.0394. The van der Waals surface area contributed by atoms with E-state index < -0.39 is 5.60 Å². The fraction of sp³-hybridized carbons (Fsp3) is 0.667. The average Bonchev–Trinajstić information content (AvgIpc) is 2.72. The molecule has 1 atom stereocenters. The molecule has 6 nitrogen and oxygen atoms in total. The zero-order valence-electron chi connectivity index (χ0n) is 16.1. The molecule has 1 aromatic rings. The zero-order chi connectivity index (χ0) is 19.1. The van der Waals surface area contributed by atoms with E-state index in [1.165, 1.54) is 12.8 Å². The summed E-state index contributed by atoms with van der Waals surface area (Å²) < 4.78 is 0. The quantitative estimate of drug-likeness (QED) is 0.664. The lowest BCUT2D eigenvalue weighted by molar-refractivity contribution is -0.0168. The van der Waals surface area contributed by atoms with Crippen LogP contribution in [0.15, 0.2) is 30.3 Å². The number of nitrogens with zero attached hydrogens (tertiary/aromatic N) is 2. The number of amides is 2. The Bertz CT molecular complexity index is 588. The first kappa shape index (κ1) is 20.1. The van der Waals surface area contributed by atoms with Gasteiger partial charge in [0.05, 0.1) is 12.2 Å². The number of piperidine rings is 2. The van der Waals surface area contributed by atoms with Crippen molar-refractivity contribution in [3.05, 3.63) is 35.9 Å². The Morgan fingerprint density at radius 2 is 1.89 bits per heavy atom. The number of carbonyl (C=O) groups excluding carboxylic acids is 1. The lowest BCUT2D eigenvalue weighted by Crippen LogP contribution is -2.49. The SMILES string of the molecule is O=C(NCCCN1CCCC[C@@H]1CO)N1CCC(O)(c2ccccc2)CC1. The molecule has 0 radical (unpaired) electrons. The van der Waals surface area contributed by atoms with Crippen LogP contribution in [0.1, 0.15) is 44.1 Å². The van der Waals surface area contributed by atoms with Crippen LogP contribution in [0.25, 0.3) is 0 Å². The molecular weight excluding hydrogens is 342 g/mol. The normalized spacial score (nSPS) is 23.2. The van der Waals surface area contributed by atoms with E-state index in [2.05, 4.69) is 10.2 Å². The largest absolute Gasteiger partial charge is 0.395 e. The summed E-state index contributed by atoms with van der Waals surface area (Å²) in [6.45, 7) is 3.96. The topological polar surface area (TPSA) is 76.0 Å². The van der Waals surface area contributed by atoms with E-state index in [0.29, 0.717) is 32.5 Å². The van der Waals surface area contributed by atoms with Gasteiger partial charge in [0, 0.05) is 32.2 Å². The van der Waals surface area contributed by atoms with Gasteiger partial charge in [-0.1, -0.05) is 36.8 Å². The highest BCUT2D eigenvalue weighted by Crippen LogP contribution is 2.32. The molecule has 0 aromatic heterocycles. The third kappa shape index (κ3) is 5.21. The third-order valence-corrected chi connectivity index (χ3v) is 6.05. The van der Waals surface area contributed by atoms with Gasteiger partial charge >= 0.3 is 6.03 Å². The fourth-order valence-corrected chi connectivity index (χ4v) is 4.27. The number of likely N-dealkylation sites (tertiary alicyclic amines) is 2. The van der Waals surface area contributed by atoms with Crippen molar-refractivity contribution in [2.24, 2.45) is 0 Å². The van der Waals surface area contributed by atoms with Gasteiger partial charge in [0.25, 0.3) is 0 Å². The Morgan fingerprint density at radius 3 is 2.59 bits per heavy atom. The van der Waals surface area contributed by atoms with Crippen LogP contribution in [0.4, 0.5) is 4.79 Å². The van der Waals surface area contributed by atoms with Crippen LogP contribution in [0, 0.1) is 0 Å². The van der Waals surface area contributed by atoms with Crippen LogP contribution in [-0.2, 0) is 5.60 Å². The standard InChI is InChI=1S/C21H33N3O3/c25-17-19-9-4-5-13-23(19)14-6-12-22-20(26)24-15-10-21(27,11-16-24)18-7-2-1-3-8-18/h1-3,7-8,19,25,27H,4-6,9-17H2,(H,22,26)/t19-/m1/s1. The second-order valence-electron chi connectivity index (χ2n) is 7.84. The van der Waals surface area contributed by atoms with Gasteiger partial charge in [0.1, 0.15) is 0 Å². The number of rotatable bonds is 6. The summed E-state index contributed by atoms with van der Waals surface area (Å²) in [5.74, 6) is 0. The predicted molar refractivity (Wildman–Crippen MR) is 105 cm³/mol. The highest BCUT2D eigenvalue weighted by atomic mass is 16.3. The van der Waals surface area contributed by atoms with Crippen LogP contribution in [0.2, 0.25) is 0 Å². The van der Waals surface area contributed by atoms with Crippen LogP contribution in [-0.4, -0.2) is 71.4 Å². The molecule has 150 valence electrons. The maximum absolute atomic E-state index is 12.4. The highest BCUT2D eigenvalue weighted by Gasteiger charge is 2.35. The van der Waals surface area contributed by atoms with Crippen molar-refractivity contribution in [2.45, 2.75) is 50.2 Å². The van der Waals surface area contributed by atoms with E-state index in [1.807, 2.05) is 30.3 Å². The van der Waals surface area contributed by atoms with Crippen molar-refractivity contribution < 1.29 is 15.0 Å². The molecule has 2 saturated heterocycles. The molecule has 27 heavy (non-hydrogen) atoms. The molecular formula is C21H33N3O3. The number of hydrogen-bond donors (Lipinski definition) is 3. The Kier molecular flexibility index (Phi) is 7.10. The minimum atomic E-state index is -0.828. The number of hydrogen-bond acceptors (Lipinski definition) is 4. The van der Waals surface area contributed by atoms with Crippen molar-refractivity contribution in [3.8, 4) is 0 Å². The summed E-state index contributed by atoms with van der Waals surface area (Å²) in [6.07, 6.45) is 5.49. The van der Waals surface area contributed by atoms with E-state index in [-0.39, 0.29) is 18.7 Å². The Hall–Kier alpha value is -1.63. The minimum Gasteiger partial charge on any atom is -0.395 e. The molecule has 0 bridgehead atoms. The van der Waals surface area contributed by atoms with Crippen LogP contribution < -0.4 is 5.32 Å². The first-order valence-corrected chi connectivity index (χ1v) is 10.3. The van der Waals surface area contributed by atoms with Crippen molar-refractivity contribution in [2.75, 3.05) is 39.3 Å². The third-order valence-electron chi connectivity index (χ3n) is 6.05. The van der Waals surface area contributed by atoms with Gasteiger partial charge < -0.3 is 20.4 Å². The summed E-state index contributed by atoms with van der Waals surface area (Å²) in [5.41, 5.74) is 0.107. The number of nitrogens with one attached hydrogen (secondary N) is 1. The molecule has 0 spiro atoms. The summed E-state index contributed by atoms with van der Waals surface area (Å²) in [5, 5.41) is 23.3. The average molecular weight is 376 g/mol. The maximum atomic E-state index is 12.4. The number of aliphatic hydroxyl groups excluding tert-OH is 1. The van der Waals surface area contributed by atoms with Crippen molar-refractivity contribution >= 4 is 6.03 Å². The van der Waals surface area contributed by atoms with Gasteiger partial charge in [0.2, 0.25) is 0 Å². The molecule has 3 N–H and O–H groups in total. The van der Waals surface area contributed by atoms with Gasteiger partial charge in [0.15, 0.2) is 0 Å². The monoisotopic (exact) mass is 375 g/mol. The summed E-state index contributed by atoms with van der Waals surface area (Å²) in [4.78, 5) is 16.5. The van der Waals surface area contributed by atoms with E-state index in [9.17, 15) is 15.0 Å². The number of benzene rings is 1. The maximum Gasteiger partial charge on any atom is 0.317 e. The molecule has 0 aliphatic carbocycles. The van der Waals surface area contributed by atoms with Gasteiger partial charge in [-0.15, -0.1) is 0 Å². The van der Waals surface area contributed by atoms with E-state index in [1.54, 1.807) is 4.90 Å². The molecule has 3 rings (SSSR count). The lowest BCUT2D eigenvalue weighted by atomic mass is 9.84. The molecule has 2 amide bonds. The molecule has 1 aromatic carbocycles. The molecule has 2 aliphatic heterocycles. The van der Waals surface area contributed by atoms with Crippen molar-refractivity contribution in [1.29, 1.82) is 0 Å². The first-order chi connectivity index (χ1) is 13.1. The summed E-state index contributed by atoms with van der Waals surface area (Å²) in [6, 6.07) is 9.98. The fourth-order valence-electron chi connectivity index (χ4n) is 4.27. The van der Waals surface area contributed by atoms with E-state index in [0.717, 1.165) is 31.5 Å². The Balaban J connectivity index is 1.37. The number of carbonyl (C=O) groups is 1. The van der Waals surface area contributed by atoms with E-state index in [4.69, 9.17) is 0 Å². The second-order valence-corrected chi connectivity index (χ2v) is 7.84. The smallest absolute Gasteiger partial charge is 0.317 e. The van der Waals surface area contributed by atoms with Crippen molar-refractivity contribution in [3.63, 3.8) is 0 Å². The molecule has 2 aliphatic rings. The highest BCUT2D eigenvalue weighted by molar-refractivity contribution is 5.74. The zero-order valence-corrected chi connectivity index (χ0v) is 16.1. The van der Waals surface area contributed by atoms with Gasteiger partial charge in [-0.25, -0.2) is 4.79 Å². The number of aliphatic hydroxyl groups is 2. The van der Waals surface area contributed by atoms with Crippen molar-refractivity contribution in [1.82, 2.24) is 15.1 Å². The van der Waals surface area contributed by atoms with Gasteiger partial charge in [-0.3, -0.25) is 4.90 Å². The Morgan fingerprint density at radius 1 is 1.15 bits per heavy atom. The molecule has 2 fully saturated rings. The summed E-state index contributed by atoms with van der Waals surface area (Å²) in [7, 11) is 0. The molecule has 6 heteroatoms. The molecule has 0 unspecified atom stereocenters. The first-order valence-electron chi connectivity index (χ1n) is 10.3. The molecule has 0 saturated carbocycles. The van der Waals surface area contributed by atoms with E-state index >= 15 is 0 Å². The molecule has 2 heterocycles. The van der Waals surface area contributed by atoms with Gasteiger partial charge in [-0.2, -0.15) is 0 Å². The Labute approximate surface area is 162 Å². The van der Waals surface area contributed by atoms with Gasteiger partial charge in [-0.05, 0) is 44.2 Å².